The number of amides is 1. The number of rotatable bonds is 3. The van der Waals surface area contributed by atoms with Crippen molar-refractivity contribution in [2.45, 2.75) is 25.3 Å². The average Bonchev–Trinajstić information content (AvgIpc) is 3.05. The lowest BCUT2D eigenvalue weighted by molar-refractivity contribution is 0.0617. The van der Waals surface area contributed by atoms with E-state index >= 15 is 0 Å². The highest BCUT2D eigenvalue weighted by molar-refractivity contribution is 5.92. The molecule has 3 rings (SSSR count). The van der Waals surface area contributed by atoms with Crippen LogP contribution in [0.3, 0.4) is 0 Å². The van der Waals surface area contributed by atoms with E-state index in [-0.39, 0.29) is 11.9 Å². The molecule has 110 valence electrons. The van der Waals surface area contributed by atoms with Gasteiger partial charge in [-0.05, 0) is 31.4 Å². The lowest BCUT2D eigenvalue weighted by atomic mass is 10.0. The maximum Gasteiger partial charge on any atom is 0.276 e. The molecular formula is C16H19N3O2. The van der Waals surface area contributed by atoms with Crippen LogP contribution in [0.2, 0.25) is 0 Å². The van der Waals surface area contributed by atoms with Gasteiger partial charge in [-0.2, -0.15) is 0 Å². The molecule has 1 amide bonds. The molecule has 1 atom stereocenters. The van der Waals surface area contributed by atoms with E-state index in [2.05, 4.69) is 4.98 Å². The Balaban J connectivity index is 1.81. The van der Waals surface area contributed by atoms with Gasteiger partial charge in [0.15, 0.2) is 5.69 Å². The fourth-order valence-corrected chi connectivity index (χ4v) is 2.75. The smallest absolute Gasteiger partial charge is 0.276 e. The van der Waals surface area contributed by atoms with Crippen LogP contribution in [-0.2, 0) is 0 Å². The van der Waals surface area contributed by atoms with Crippen LogP contribution >= 0.6 is 0 Å². The van der Waals surface area contributed by atoms with Gasteiger partial charge in [0.1, 0.15) is 6.26 Å². The van der Waals surface area contributed by atoms with Gasteiger partial charge in [-0.15, -0.1) is 0 Å². The van der Waals surface area contributed by atoms with Crippen molar-refractivity contribution in [2.75, 3.05) is 13.1 Å². The van der Waals surface area contributed by atoms with Crippen molar-refractivity contribution in [1.82, 2.24) is 9.88 Å². The molecule has 1 aromatic heterocycles. The minimum absolute atomic E-state index is 0.0870. The largest absolute Gasteiger partial charge is 0.444 e. The molecule has 0 spiro atoms. The second kappa shape index (κ2) is 6.10. The number of carbonyl (C=O) groups is 1. The first kappa shape index (κ1) is 13.8. The van der Waals surface area contributed by atoms with Crippen molar-refractivity contribution in [1.29, 1.82) is 0 Å². The Kier molecular flexibility index (Phi) is 4.01. The summed E-state index contributed by atoms with van der Waals surface area (Å²) in [6.07, 6.45) is 4.55. The number of aromatic nitrogens is 1. The molecule has 21 heavy (non-hydrogen) atoms. The van der Waals surface area contributed by atoms with Crippen LogP contribution in [0.5, 0.6) is 0 Å². The lowest BCUT2D eigenvalue weighted by Gasteiger charge is -2.34. The highest BCUT2D eigenvalue weighted by Gasteiger charge is 2.28. The summed E-state index contributed by atoms with van der Waals surface area (Å²) in [6.45, 7) is 1.24. The third kappa shape index (κ3) is 2.83. The van der Waals surface area contributed by atoms with Crippen molar-refractivity contribution in [3.05, 3.63) is 42.3 Å². The first-order chi connectivity index (χ1) is 10.3. The fraction of sp³-hybridized carbons (Fsp3) is 0.375. The highest BCUT2D eigenvalue weighted by atomic mass is 16.3. The Morgan fingerprint density at radius 1 is 1.33 bits per heavy atom. The predicted octanol–water partition coefficient (Wildman–Crippen LogP) is 2.29. The van der Waals surface area contributed by atoms with Gasteiger partial charge in [0.2, 0.25) is 5.89 Å². The molecule has 0 saturated carbocycles. The van der Waals surface area contributed by atoms with Gasteiger partial charge < -0.3 is 15.1 Å². The summed E-state index contributed by atoms with van der Waals surface area (Å²) in [4.78, 5) is 18.7. The summed E-state index contributed by atoms with van der Waals surface area (Å²) in [6, 6.07) is 9.68. The van der Waals surface area contributed by atoms with Gasteiger partial charge >= 0.3 is 0 Å². The molecule has 1 aromatic carbocycles. The summed E-state index contributed by atoms with van der Waals surface area (Å²) in [5.41, 5.74) is 6.99. The molecule has 2 N–H and O–H groups in total. The van der Waals surface area contributed by atoms with Gasteiger partial charge in [0, 0.05) is 24.7 Å². The first-order valence-corrected chi connectivity index (χ1v) is 7.31. The van der Waals surface area contributed by atoms with E-state index in [1.807, 2.05) is 35.2 Å². The predicted molar refractivity (Wildman–Crippen MR) is 79.7 cm³/mol. The minimum Gasteiger partial charge on any atom is -0.444 e. The average molecular weight is 285 g/mol. The van der Waals surface area contributed by atoms with Gasteiger partial charge in [0.25, 0.3) is 5.91 Å². The quantitative estimate of drug-likeness (QED) is 0.939. The molecule has 5 heteroatoms. The lowest BCUT2D eigenvalue weighted by Crippen LogP contribution is -2.47. The van der Waals surface area contributed by atoms with Crippen LogP contribution in [0, 0.1) is 0 Å². The molecule has 1 saturated heterocycles. The number of benzene rings is 1. The van der Waals surface area contributed by atoms with E-state index in [1.165, 1.54) is 6.26 Å². The number of carbonyl (C=O) groups excluding carboxylic acids is 1. The van der Waals surface area contributed by atoms with E-state index in [1.54, 1.807) is 0 Å². The second-order valence-corrected chi connectivity index (χ2v) is 5.29. The molecule has 2 heterocycles. The molecule has 0 radical (unpaired) electrons. The standard InChI is InChI=1S/C16H19N3O2/c17-10-13-8-4-5-9-19(13)16(20)14-11-21-15(18-14)12-6-2-1-3-7-12/h1-3,6-7,11,13H,4-5,8-10,17H2. The summed E-state index contributed by atoms with van der Waals surface area (Å²) < 4.78 is 5.44. The number of nitrogens with zero attached hydrogens (tertiary/aromatic N) is 2. The maximum atomic E-state index is 12.6. The number of piperidine rings is 1. The monoisotopic (exact) mass is 285 g/mol. The summed E-state index contributed by atoms with van der Waals surface area (Å²) in [5, 5.41) is 0. The normalized spacial score (nSPS) is 18.7. The Bertz CT molecular complexity index is 609. The zero-order chi connectivity index (χ0) is 14.7. The minimum atomic E-state index is -0.0870. The first-order valence-electron chi connectivity index (χ1n) is 7.31. The Labute approximate surface area is 123 Å². The van der Waals surface area contributed by atoms with E-state index in [9.17, 15) is 4.79 Å². The molecule has 1 aliphatic heterocycles. The molecule has 1 fully saturated rings. The number of likely N-dealkylation sites (tertiary alicyclic amines) is 1. The third-order valence-corrected chi connectivity index (χ3v) is 3.90. The van der Waals surface area contributed by atoms with Crippen molar-refractivity contribution in [2.24, 2.45) is 5.73 Å². The number of hydrogen-bond acceptors (Lipinski definition) is 4. The van der Waals surface area contributed by atoms with Crippen molar-refractivity contribution < 1.29 is 9.21 Å². The van der Waals surface area contributed by atoms with E-state index < -0.39 is 0 Å². The Morgan fingerprint density at radius 2 is 2.14 bits per heavy atom. The number of hydrogen-bond donors (Lipinski definition) is 1. The van der Waals surface area contributed by atoms with E-state index in [4.69, 9.17) is 10.2 Å². The SMILES string of the molecule is NCC1CCCCN1C(=O)c1coc(-c2ccccc2)n1. The van der Waals surface area contributed by atoms with Crippen LogP contribution in [0.25, 0.3) is 11.5 Å². The molecule has 5 nitrogen and oxygen atoms in total. The van der Waals surface area contributed by atoms with Gasteiger partial charge in [-0.3, -0.25) is 4.79 Å². The second-order valence-electron chi connectivity index (χ2n) is 5.29. The van der Waals surface area contributed by atoms with Crippen LogP contribution in [0.1, 0.15) is 29.8 Å². The summed E-state index contributed by atoms with van der Waals surface area (Å²) >= 11 is 0. The number of oxazole rings is 1. The maximum absolute atomic E-state index is 12.6. The molecular weight excluding hydrogens is 266 g/mol. The van der Waals surface area contributed by atoms with Crippen molar-refractivity contribution in [3.63, 3.8) is 0 Å². The molecule has 0 bridgehead atoms. The summed E-state index contributed by atoms with van der Waals surface area (Å²) in [5.74, 6) is 0.385. The van der Waals surface area contributed by atoms with Gasteiger partial charge in [-0.1, -0.05) is 18.2 Å². The highest BCUT2D eigenvalue weighted by Crippen LogP contribution is 2.22. The van der Waals surface area contributed by atoms with Gasteiger partial charge in [0.05, 0.1) is 0 Å². The molecule has 1 aliphatic rings. The van der Waals surface area contributed by atoms with E-state index in [0.29, 0.717) is 18.1 Å². The topological polar surface area (TPSA) is 72.4 Å². The van der Waals surface area contributed by atoms with E-state index in [0.717, 1.165) is 31.4 Å². The molecule has 2 aromatic rings. The third-order valence-electron chi connectivity index (χ3n) is 3.90. The van der Waals surface area contributed by atoms with Crippen molar-refractivity contribution >= 4 is 5.91 Å². The molecule has 0 aliphatic carbocycles. The Hall–Kier alpha value is -2.14. The van der Waals surface area contributed by atoms with Crippen LogP contribution in [-0.4, -0.2) is 34.9 Å². The zero-order valence-corrected chi connectivity index (χ0v) is 11.9. The summed E-state index contributed by atoms with van der Waals surface area (Å²) in [7, 11) is 0. The fourth-order valence-electron chi connectivity index (χ4n) is 2.75. The van der Waals surface area contributed by atoms with Crippen LogP contribution in [0.4, 0.5) is 0 Å². The Morgan fingerprint density at radius 3 is 2.90 bits per heavy atom. The van der Waals surface area contributed by atoms with Gasteiger partial charge in [-0.25, -0.2) is 4.98 Å². The van der Waals surface area contributed by atoms with Crippen molar-refractivity contribution in [3.8, 4) is 11.5 Å². The molecule has 1 unspecified atom stereocenters. The zero-order valence-electron chi connectivity index (χ0n) is 11.9. The van der Waals surface area contributed by atoms with Crippen LogP contribution in [0.15, 0.2) is 41.0 Å². The number of nitrogens with two attached hydrogens (primary N) is 1. The van der Waals surface area contributed by atoms with Crippen LogP contribution < -0.4 is 5.73 Å².